The lowest BCUT2D eigenvalue weighted by atomic mass is 10.1. The molecule has 4 amide bonds. The van der Waals surface area contributed by atoms with Crippen molar-refractivity contribution in [3.05, 3.63) is 83.9 Å². The van der Waals surface area contributed by atoms with Crippen LogP contribution in [0.1, 0.15) is 24.0 Å². The number of urea groups is 2. The minimum atomic E-state index is -0.377. The van der Waals surface area contributed by atoms with E-state index in [1.54, 1.807) is 24.3 Å². The van der Waals surface area contributed by atoms with Crippen LogP contribution < -0.4 is 31.6 Å². The Kier molecular flexibility index (Phi) is 6.88. The molecule has 0 aliphatic carbocycles. The SMILES string of the molecule is O=C(Nc1cccc(NC(=O)Nc2cccc(C3=[NH+]CCN3)c2)c1)Nc1cccc(C2=NCCC2)c1. The molecule has 0 unspecified atom stereocenters. The zero-order valence-corrected chi connectivity index (χ0v) is 19.7. The van der Waals surface area contributed by atoms with Crippen molar-refractivity contribution >= 4 is 46.4 Å². The highest BCUT2D eigenvalue weighted by Crippen LogP contribution is 2.19. The van der Waals surface area contributed by atoms with Crippen LogP contribution in [0.2, 0.25) is 0 Å². The number of amides is 4. The summed E-state index contributed by atoms with van der Waals surface area (Å²) in [6.07, 6.45) is 2.03. The molecule has 0 saturated heterocycles. The van der Waals surface area contributed by atoms with E-state index in [0.717, 1.165) is 55.2 Å². The van der Waals surface area contributed by atoms with Gasteiger partial charge in [-0.1, -0.05) is 24.3 Å². The smallest absolute Gasteiger partial charge is 0.308 e. The third-order valence-electron chi connectivity index (χ3n) is 5.84. The molecule has 9 heteroatoms. The molecule has 0 radical (unpaired) electrons. The predicted octanol–water partition coefficient (Wildman–Crippen LogP) is 2.99. The van der Waals surface area contributed by atoms with Gasteiger partial charge in [-0.15, -0.1) is 0 Å². The Morgan fingerprint density at radius 2 is 1.31 bits per heavy atom. The molecule has 0 atom stereocenters. The third kappa shape index (κ3) is 5.87. The summed E-state index contributed by atoms with van der Waals surface area (Å²) in [6.45, 7) is 2.60. The molecular formula is C27H28N7O2+. The Bertz CT molecular complexity index is 1250. The first-order valence-electron chi connectivity index (χ1n) is 12.0. The lowest BCUT2D eigenvalue weighted by Gasteiger charge is -2.11. The van der Waals surface area contributed by atoms with Crippen LogP contribution in [-0.2, 0) is 0 Å². The number of rotatable bonds is 6. The number of amidine groups is 1. The Hall–Kier alpha value is -4.66. The van der Waals surface area contributed by atoms with Crippen molar-refractivity contribution in [1.82, 2.24) is 5.32 Å². The molecule has 0 saturated carbocycles. The Morgan fingerprint density at radius 3 is 1.86 bits per heavy atom. The van der Waals surface area contributed by atoms with Gasteiger partial charge >= 0.3 is 12.1 Å². The maximum Gasteiger partial charge on any atom is 0.323 e. The van der Waals surface area contributed by atoms with E-state index in [-0.39, 0.29) is 12.1 Å². The van der Waals surface area contributed by atoms with E-state index in [9.17, 15) is 9.59 Å². The summed E-state index contributed by atoms with van der Waals surface area (Å²) in [5.41, 5.74) is 5.55. The average Bonchev–Trinajstić information content (AvgIpc) is 3.59. The van der Waals surface area contributed by atoms with Crippen molar-refractivity contribution in [3.8, 4) is 0 Å². The summed E-state index contributed by atoms with van der Waals surface area (Å²) in [5, 5.41) is 14.6. The second kappa shape index (κ2) is 10.7. The molecule has 0 bridgehead atoms. The van der Waals surface area contributed by atoms with Crippen LogP contribution in [0, 0.1) is 0 Å². The highest BCUT2D eigenvalue weighted by Gasteiger charge is 2.15. The molecule has 5 rings (SSSR count). The second-order valence-corrected chi connectivity index (χ2v) is 8.56. The Labute approximate surface area is 209 Å². The Morgan fingerprint density at radius 1 is 0.750 bits per heavy atom. The van der Waals surface area contributed by atoms with Crippen molar-refractivity contribution in [1.29, 1.82) is 0 Å². The van der Waals surface area contributed by atoms with Crippen molar-refractivity contribution in [3.63, 3.8) is 0 Å². The molecule has 3 aromatic rings. The molecular weight excluding hydrogens is 454 g/mol. The zero-order valence-electron chi connectivity index (χ0n) is 19.7. The van der Waals surface area contributed by atoms with Gasteiger partial charge in [-0.05, 0) is 66.9 Å². The number of anilines is 4. The third-order valence-corrected chi connectivity index (χ3v) is 5.84. The molecule has 0 fully saturated rings. The van der Waals surface area contributed by atoms with E-state index in [2.05, 4.69) is 36.6 Å². The summed E-state index contributed by atoms with van der Waals surface area (Å²) in [6, 6.07) is 21.5. The zero-order chi connectivity index (χ0) is 24.7. The normalized spacial score (nSPS) is 14.3. The summed E-state index contributed by atoms with van der Waals surface area (Å²) in [5.74, 6) is 0.954. The van der Waals surface area contributed by atoms with Crippen LogP contribution in [0.3, 0.4) is 0 Å². The lowest BCUT2D eigenvalue weighted by molar-refractivity contribution is -0.444. The van der Waals surface area contributed by atoms with E-state index in [0.29, 0.717) is 22.7 Å². The first-order valence-corrected chi connectivity index (χ1v) is 12.0. The molecule has 2 aliphatic heterocycles. The molecule has 0 aromatic heterocycles. The van der Waals surface area contributed by atoms with Crippen molar-refractivity contribution in [2.24, 2.45) is 4.99 Å². The second-order valence-electron chi connectivity index (χ2n) is 8.56. The molecule has 2 heterocycles. The van der Waals surface area contributed by atoms with Gasteiger partial charge in [0, 0.05) is 35.0 Å². The van der Waals surface area contributed by atoms with Crippen LogP contribution >= 0.6 is 0 Å². The van der Waals surface area contributed by atoms with Gasteiger partial charge < -0.3 is 21.3 Å². The molecule has 9 nitrogen and oxygen atoms in total. The fraction of sp³-hybridized carbons (Fsp3) is 0.185. The molecule has 6 N–H and O–H groups in total. The number of benzene rings is 3. The predicted molar refractivity (Wildman–Crippen MR) is 143 cm³/mol. The number of hydrogen-bond acceptors (Lipinski definition) is 4. The average molecular weight is 483 g/mol. The van der Waals surface area contributed by atoms with Gasteiger partial charge in [0.25, 0.3) is 5.84 Å². The number of carbonyl (C=O) groups is 2. The fourth-order valence-corrected chi connectivity index (χ4v) is 4.21. The van der Waals surface area contributed by atoms with Crippen LogP contribution in [0.15, 0.2) is 77.8 Å². The number of carbonyl (C=O) groups excluding carboxylic acids is 2. The standard InChI is InChI=1S/C27H27N7O2/c35-26(31-20-7-1-5-18(15-20)24-11-4-12-28-24)33-22-9-3-10-23(17-22)34-27(36)32-21-8-2-6-19(16-21)25-29-13-14-30-25/h1-3,5-10,15-17H,4,11-14H2,(H,29,30)(H2,31,33,35)(H2,32,34,36)/p+1. The van der Waals surface area contributed by atoms with Crippen LogP contribution in [-0.4, -0.2) is 43.2 Å². The van der Waals surface area contributed by atoms with Gasteiger partial charge in [-0.2, -0.15) is 0 Å². The number of aliphatic imine (C=N–C) groups is 1. The van der Waals surface area contributed by atoms with E-state index < -0.39 is 0 Å². The first-order chi connectivity index (χ1) is 17.6. The summed E-state index contributed by atoms with van der Waals surface area (Å²) >= 11 is 0. The van der Waals surface area contributed by atoms with Crippen LogP contribution in [0.25, 0.3) is 0 Å². The van der Waals surface area contributed by atoms with Crippen LogP contribution in [0.4, 0.5) is 32.3 Å². The molecule has 0 spiro atoms. The monoisotopic (exact) mass is 482 g/mol. The largest absolute Gasteiger partial charge is 0.323 e. The van der Waals surface area contributed by atoms with E-state index >= 15 is 0 Å². The topological polar surface area (TPSA) is 121 Å². The summed E-state index contributed by atoms with van der Waals surface area (Å²) in [4.78, 5) is 32.9. The molecule has 2 aliphatic rings. The van der Waals surface area contributed by atoms with E-state index in [1.165, 1.54) is 0 Å². The number of hydrogen-bond donors (Lipinski definition) is 6. The minimum absolute atomic E-state index is 0.370. The molecule has 182 valence electrons. The van der Waals surface area contributed by atoms with Gasteiger partial charge in [0.1, 0.15) is 13.1 Å². The van der Waals surface area contributed by atoms with Crippen molar-refractivity contribution in [2.75, 3.05) is 40.9 Å². The highest BCUT2D eigenvalue weighted by molar-refractivity contribution is 6.05. The van der Waals surface area contributed by atoms with Gasteiger partial charge in [0.2, 0.25) is 0 Å². The molecule has 3 aromatic carbocycles. The Balaban J connectivity index is 1.17. The maximum atomic E-state index is 12.6. The van der Waals surface area contributed by atoms with E-state index in [4.69, 9.17) is 0 Å². The van der Waals surface area contributed by atoms with Gasteiger partial charge in [-0.3, -0.25) is 15.3 Å². The van der Waals surface area contributed by atoms with E-state index in [1.807, 2.05) is 48.5 Å². The van der Waals surface area contributed by atoms with Crippen molar-refractivity contribution in [2.45, 2.75) is 12.8 Å². The number of nitrogens with one attached hydrogen (secondary N) is 6. The lowest BCUT2D eigenvalue weighted by Crippen LogP contribution is -2.70. The van der Waals surface area contributed by atoms with Gasteiger partial charge in [-0.25, -0.2) is 9.59 Å². The first kappa shape index (κ1) is 23.1. The highest BCUT2D eigenvalue weighted by atomic mass is 16.2. The van der Waals surface area contributed by atoms with Gasteiger partial charge in [0.15, 0.2) is 0 Å². The minimum Gasteiger partial charge on any atom is -0.308 e. The van der Waals surface area contributed by atoms with Crippen LogP contribution in [0.5, 0.6) is 0 Å². The summed E-state index contributed by atoms with van der Waals surface area (Å²) in [7, 11) is 0. The summed E-state index contributed by atoms with van der Waals surface area (Å²) < 4.78 is 0. The maximum absolute atomic E-state index is 12.6. The van der Waals surface area contributed by atoms with Gasteiger partial charge in [0.05, 0.1) is 5.56 Å². The van der Waals surface area contributed by atoms with Crippen molar-refractivity contribution < 1.29 is 14.6 Å². The molecule has 36 heavy (non-hydrogen) atoms. The number of nitrogens with zero attached hydrogens (tertiary/aromatic N) is 1. The quantitative estimate of drug-likeness (QED) is 0.324. The fourth-order valence-electron chi connectivity index (χ4n) is 4.21.